The van der Waals surface area contributed by atoms with Gasteiger partial charge in [-0.2, -0.15) is 0 Å². The van der Waals surface area contributed by atoms with Gasteiger partial charge in [0.1, 0.15) is 0 Å². The zero-order valence-electron chi connectivity index (χ0n) is 11.1. The van der Waals surface area contributed by atoms with E-state index in [1.54, 1.807) is 0 Å². The lowest BCUT2D eigenvalue weighted by Crippen LogP contribution is -2.30. The number of carboxylic acids is 1. The molecule has 1 aliphatic rings. The summed E-state index contributed by atoms with van der Waals surface area (Å²) in [6.07, 6.45) is 2.78. The first-order valence-corrected chi connectivity index (χ1v) is 6.56. The summed E-state index contributed by atoms with van der Waals surface area (Å²) in [5.41, 5.74) is 2.06. The molecule has 0 heterocycles. The van der Waals surface area contributed by atoms with Crippen LogP contribution >= 0.6 is 0 Å². The molecule has 1 unspecified atom stereocenters. The summed E-state index contributed by atoms with van der Waals surface area (Å²) in [7, 11) is 2.13. The predicted molar refractivity (Wildman–Crippen MR) is 71.4 cm³/mol. The fraction of sp³-hybridized carbons (Fsp3) is 0.533. The fourth-order valence-electron chi connectivity index (χ4n) is 2.40. The highest BCUT2D eigenvalue weighted by molar-refractivity contribution is 5.70. The van der Waals surface area contributed by atoms with Gasteiger partial charge >= 0.3 is 5.97 Å². The molecule has 1 atom stereocenters. The van der Waals surface area contributed by atoms with Crippen LogP contribution in [0.15, 0.2) is 24.3 Å². The van der Waals surface area contributed by atoms with Crippen molar-refractivity contribution in [2.24, 2.45) is 5.92 Å². The second-order valence-electron chi connectivity index (χ2n) is 5.33. The van der Waals surface area contributed by atoms with Gasteiger partial charge in [-0.05, 0) is 43.9 Å². The molecular weight excluding hydrogens is 226 g/mol. The first-order chi connectivity index (χ1) is 8.58. The molecule has 18 heavy (non-hydrogen) atoms. The van der Waals surface area contributed by atoms with Crippen LogP contribution in [0, 0.1) is 5.92 Å². The molecule has 0 aliphatic heterocycles. The third-order valence-electron chi connectivity index (χ3n) is 3.88. The van der Waals surface area contributed by atoms with Gasteiger partial charge in [0, 0.05) is 12.6 Å². The number of hydrogen-bond acceptors (Lipinski definition) is 2. The van der Waals surface area contributed by atoms with Crippen LogP contribution in [0.3, 0.4) is 0 Å². The summed E-state index contributed by atoms with van der Waals surface area (Å²) in [4.78, 5) is 13.2. The Bertz CT molecular complexity index is 426. The maximum Gasteiger partial charge on any atom is 0.307 e. The standard InChI is InChI=1S/C15H21NO2/c1-11(12-7-8-12)16(2)10-14-6-4-3-5-13(14)9-15(17)18/h3-6,11-12H,7-10H2,1-2H3,(H,17,18). The fourth-order valence-corrected chi connectivity index (χ4v) is 2.40. The number of hydrogen-bond donors (Lipinski definition) is 1. The van der Waals surface area contributed by atoms with E-state index in [0.29, 0.717) is 6.04 Å². The van der Waals surface area contributed by atoms with Crippen molar-refractivity contribution in [3.05, 3.63) is 35.4 Å². The normalized spacial score (nSPS) is 16.8. The zero-order valence-corrected chi connectivity index (χ0v) is 11.1. The summed E-state index contributed by atoms with van der Waals surface area (Å²) in [6, 6.07) is 8.43. The van der Waals surface area contributed by atoms with Gasteiger partial charge in [-0.25, -0.2) is 0 Å². The molecule has 2 rings (SSSR count). The molecule has 3 nitrogen and oxygen atoms in total. The Morgan fingerprint density at radius 2 is 2.00 bits per heavy atom. The van der Waals surface area contributed by atoms with Gasteiger partial charge in [0.15, 0.2) is 0 Å². The van der Waals surface area contributed by atoms with Crippen molar-refractivity contribution in [2.45, 2.75) is 38.8 Å². The Morgan fingerprint density at radius 3 is 2.56 bits per heavy atom. The van der Waals surface area contributed by atoms with Crippen LogP contribution in [0.2, 0.25) is 0 Å². The van der Waals surface area contributed by atoms with Gasteiger partial charge in [0.25, 0.3) is 0 Å². The molecule has 0 bridgehead atoms. The van der Waals surface area contributed by atoms with E-state index in [2.05, 4.69) is 18.9 Å². The highest BCUT2D eigenvalue weighted by Crippen LogP contribution is 2.35. The van der Waals surface area contributed by atoms with Crippen LogP contribution in [-0.4, -0.2) is 29.1 Å². The molecule has 98 valence electrons. The molecule has 0 amide bonds. The van der Waals surface area contributed by atoms with Gasteiger partial charge in [0.2, 0.25) is 0 Å². The van der Waals surface area contributed by atoms with Crippen LogP contribution in [0.1, 0.15) is 30.9 Å². The lowest BCUT2D eigenvalue weighted by Gasteiger charge is -2.25. The molecule has 0 saturated heterocycles. The minimum absolute atomic E-state index is 0.113. The van der Waals surface area contributed by atoms with E-state index in [-0.39, 0.29) is 6.42 Å². The van der Waals surface area contributed by atoms with Crippen LogP contribution in [-0.2, 0) is 17.8 Å². The number of carboxylic acid groups (broad SMARTS) is 1. The average Bonchev–Trinajstić information content (AvgIpc) is 3.14. The number of benzene rings is 1. The maximum absolute atomic E-state index is 10.8. The van der Waals surface area contributed by atoms with Crippen LogP contribution in [0.4, 0.5) is 0 Å². The minimum Gasteiger partial charge on any atom is -0.481 e. The molecule has 0 aromatic heterocycles. The summed E-state index contributed by atoms with van der Waals surface area (Å²) in [5.74, 6) is 0.0713. The van der Waals surface area contributed by atoms with Gasteiger partial charge in [-0.15, -0.1) is 0 Å². The monoisotopic (exact) mass is 247 g/mol. The molecule has 1 fully saturated rings. The van der Waals surface area contributed by atoms with E-state index in [4.69, 9.17) is 5.11 Å². The molecule has 1 aromatic carbocycles. The lowest BCUT2D eigenvalue weighted by atomic mass is 10.0. The van der Waals surface area contributed by atoms with Gasteiger partial charge < -0.3 is 5.11 Å². The molecule has 1 saturated carbocycles. The molecule has 1 aliphatic carbocycles. The Labute approximate surface area is 108 Å². The third kappa shape index (κ3) is 3.33. The summed E-state index contributed by atoms with van der Waals surface area (Å²) in [6.45, 7) is 3.10. The molecule has 0 spiro atoms. The van der Waals surface area contributed by atoms with E-state index >= 15 is 0 Å². The first kappa shape index (κ1) is 13.1. The highest BCUT2D eigenvalue weighted by atomic mass is 16.4. The summed E-state index contributed by atoms with van der Waals surface area (Å²) >= 11 is 0. The largest absolute Gasteiger partial charge is 0.481 e. The molecule has 0 radical (unpaired) electrons. The Balaban J connectivity index is 2.05. The van der Waals surface area contributed by atoms with Crippen LogP contribution in [0.5, 0.6) is 0 Å². The predicted octanol–water partition coefficient (Wildman–Crippen LogP) is 2.54. The highest BCUT2D eigenvalue weighted by Gasteiger charge is 2.30. The van der Waals surface area contributed by atoms with E-state index in [9.17, 15) is 4.79 Å². The third-order valence-corrected chi connectivity index (χ3v) is 3.88. The first-order valence-electron chi connectivity index (χ1n) is 6.56. The minimum atomic E-state index is -0.764. The molecular formula is C15H21NO2. The van der Waals surface area contributed by atoms with E-state index in [0.717, 1.165) is 23.6 Å². The number of rotatable bonds is 6. The van der Waals surface area contributed by atoms with Crippen molar-refractivity contribution in [3.63, 3.8) is 0 Å². The Morgan fingerprint density at radius 1 is 1.39 bits per heavy atom. The van der Waals surface area contributed by atoms with Crippen LogP contribution < -0.4 is 0 Å². The Hall–Kier alpha value is -1.35. The average molecular weight is 247 g/mol. The molecule has 3 heteroatoms. The maximum atomic E-state index is 10.8. The second-order valence-corrected chi connectivity index (χ2v) is 5.33. The van der Waals surface area contributed by atoms with Crippen LogP contribution in [0.25, 0.3) is 0 Å². The number of carbonyl (C=O) groups is 1. The quantitative estimate of drug-likeness (QED) is 0.840. The number of nitrogens with zero attached hydrogens (tertiary/aromatic N) is 1. The zero-order chi connectivity index (χ0) is 13.1. The summed E-state index contributed by atoms with van der Waals surface area (Å²) in [5, 5.41) is 8.92. The van der Waals surface area contributed by atoms with Gasteiger partial charge in [-0.3, -0.25) is 9.69 Å². The number of aliphatic carboxylic acids is 1. The topological polar surface area (TPSA) is 40.5 Å². The van der Waals surface area contributed by atoms with E-state index < -0.39 is 5.97 Å². The van der Waals surface area contributed by atoms with Crippen molar-refractivity contribution >= 4 is 5.97 Å². The summed E-state index contributed by atoms with van der Waals surface area (Å²) < 4.78 is 0. The smallest absolute Gasteiger partial charge is 0.307 e. The van der Waals surface area contributed by atoms with Crippen molar-refractivity contribution in [1.82, 2.24) is 4.90 Å². The second kappa shape index (κ2) is 5.53. The molecule has 1 aromatic rings. The lowest BCUT2D eigenvalue weighted by molar-refractivity contribution is -0.136. The Kier molecular flexibility index (Phi) is 4.02. The van der Waals surface area contributed by atoms with Gasteiger partial charge in [0.05, 0.1) is 6.42 Å². The van der Waals surface area contributed by atoms with Crippen molar-refractivity contribution in [3.8, 4) is 0 Å². The van der Waals surface area contributed by atoms with Crippen molar-refractivity contribution < 1.29 is 9.90 Å². The van der Waals surface area contributed by atoms with E-state index in [1.807, 2.05) is 24.3 Å². The SMILES string of the molecule is CC(C1CC1)N(C)Cc1ccccc1CC(=O)O. The van der Waals surface area contributed by atoms with E-state index in [1.165, 1.54) is 12.8 Å². The van der Waals surface area contributed by atoms with Crippen molar-refractivity contribution in [1.29, 1.82) is 0 Å². The van der Waals surface area contributed by atoms with Crippen molar-refractivity contribution in [2.75, 3.05) is 7.05 Å². The van der Waals surface area contributed by atoms with Gasteiger partial charge in [-0.1, -0.05) is 24.3 Å². The molecule has 1 N–H and O–H groups in total.